The molecule has 0 bridgehead atoms. The minimum atomic E-state index is -0.250. The van der Waals surface area contributed by atoms with Crippen LogP contribution in [0.25, 0.3) is 0 Å². The summed E-state index contributed by atoms with van der Waals surface area (Å²) in [6.45, 7) is 4.17. The van der Waals surface area contributed by atoms with Gasteiger partial charge in [-0.25, -0.2) is 4.98 Å². The van der Waals surface area contributed by atoms with E-state index >= 15 is 0 Å². The van der Waals surface area contributed by atoms with Crippen LogP contribution in [0.15, 0.2) is 65.2 Å². The summed E-state index contributed by atoms with van der Waals surface area (Å²) in [5, 5.41) is 3.51. The summed E-state index contributed by atoms with van der Waals surface area (Å²) >= 11 is 6.02. The van der Waals surface area contributed by atoms with Gasteiger partial charge < -0.3 is 4.42 Å². The highest BCUT2D eigenvalue weighted by atomic mass is 35.5. The van der Waals surface area contributed by atoms with Crippen molar-refractivity contribution in [3.05, 3.63) is 82.7 Å². The Morgan fingerprint density at radius 2 is 1.96 bits per heavy atom. The monoisotopic (exact) mass is 382 g/mol. The van der Waals surface area contributed by atoms with Crippen LogP contribution in [0.2, 0.25) is 5.02 Å². The van der Waals surface area contributed by atoms with Gasteiger partial charge in [0.05, 0.1) is 12.1 Å². The topological polar surface area (TPSA) is 55.1 Å². The first kappa shape index (κ1) is 19.2. The molecule has 1 amide bonds. The van der Waals surface area contributed by atoms with Gasteiger partial charge in [-0.2, -0.15) is 0 Å². The molecule has 0 saturated heterocycles. The summed E-state index contributed by atoms with van der Waals surface area (Å²) in [4.78, 5) is 17.1. The maximum absolute atomic E-state index is 12.9. The fourth-order valence-electron chi connectivity index (χ4n) is 3.11. The van der Waals surface area contributed by atoms with Crippen molar-refractivity contribution in [2.24, 2.45) is 5.92 Å². The summed E-state index contributed by atoms with van der Waals surface area (Å²) in [5.74, 6) is 0.520. The predicted octanol–water partition coefficient (Wildman–Crippen LogP) is 5.69. The minimum Gasteiger partial charge on any atom is -0.428 e. The van der Waals surface area contributed by atoms with Gasteiger partial charge >= 0.3 is 6.01 Å². The Hall–Kier alpha value is -2.59. The quantitative estimate of drug-likeness (QED) is 0.571. The van der Waals surface area contributed by atoms with Crippen molar-refractivity contribution in [3.8, 4) is 0 Å². The molecular weight excluding hydrogens is 360 g/mol. The van der Waals surface area contributed by atoms with E-state index in [1.165, 1.54) is 0 Å². The van der Waals surface area contributed by atoms with Gasteiger partial charge in [-0.05, 0) is 29.2 Å². The predicted molar refractivity (Wildman–Crippen MR) is 108 cm³/mol. The van der Waals surface area contributed by atoms with E-state index in [1.54, 1.807) is 6.20 Å². The van der Waals surface area contributed by atoms with Gasteiger partial charge in [0.2, 0.25) is 5.91 Å². The lowest BCUT2D eigenvalue weighted by atomic mass is 9.85. The minimum absolute atomic E-state index is 0.105. The largest absolute Gasteiger partial charge is 0.428 e. The number of rotatable bonds is 7. The number of hydrogen-bond acceptors (Lipinski definition) is 3. The van der Waals surface area contributed by atoms with Gasteiger partial charge in [0.1, 0.15) is 5.76 Å². The zero-order valence-electron chi connectivity index (χ0n) is 15.5. The van der Waals surface area contributed by atoms with E-state index in [4.69, 9.17) is 16.0 Å². The van der Waals surface area contributed by atoms with Crippen LogP contribution in [0.3, 0.4) is 0 Å². The van der Waals surface area contributed by atoms with Crippen molar-refractivity contribution in [3.63, 3.8) is 0 Å². The molecule has 0 radical (unpaired) electrons. The summed E-state index contributed by atoms with van der Waals surface area (Å²) < 4.78 is 5.71. The Morgan fingerprint density at radius 3 is 2.67 bits per heavy atom. The SMILES string of the molecule is CCC(C)C(C(=O)Nc1ncc(Cc2cccc(Cl)c2)o1)c1ccccc1. The van der Waals surface area contributed by atoms with Crippen molar-refractivity contribution in [1.82, 2.24) is 4.98 Å². The highest BCUT2D eigenvalue weighted by molar-refractivity contribution is 6.30. The number of oxazole rings is 1. The number of nitrogens with zero attached hydrogens (tertiary/aromatic N) is 1. The van der Waals surface area contributed by atoms with Gasteiger partial charge in [-0.15, -0.1) is 0 Å². The van der Waals surface area contributed by atoms with E-state index in [0.717, 1.165) is 17.5 Å². The average Bonchev–Trinajstić information content (AvgIpc) is 3.09. The van der Waals surface area contributed by atoms with E-state index in [1.807, 2.05) is 54.6 Å². The number of halogens is 1. The zero-order valence-corrected chi connectivity index (χ0v) is 16.2. The standard InChI is InChI=1S/C22H23ClN2O2/c1-3-15(2)20(17-9-5-4-6-10-17)21(26)25-22-24-14-19(27-22)13-16-8-7-11-18(23)12-16/h4-12,14-15,20H,3,13H2,1-2H3,(H,24,25,26). The van der Waals surface area contributed by atoms with Crippen molar-refractivity contribution in [1.29, 1.82) is 0 Å². The van der Waals surface area contributed by atoms with Crippen molar-refractivity contribution < 1.29 is 9.21 Å². The van der Waals surface area contributed by atoms with Crippen molar-refractivity contribution in [2.75, 3.05) is 5.32 Å². The maximum atomic E-state index is 12.9. The van der Waals surface area contributed by atoms with Gasteiger partial charge in [0, 0.05) is 11.4 Å². The number of anilines is 1. The number of benzene rings is 2. The molecule has 2 atom stereocenters. The number of hydrogen-bond donors (Lipinski definition) is 1. The molecule has 0 spiro atoms. The summed E-state index contributed by atoms with van der Waals surface area (Å²) in [7, 11) is 0. The Kier molecular flexibility index (Phi) is 6.30. The highest BCUT2D eigenvalue weighted by Crippen LogP contribution is 2.28. The van der Waals surface area contributed by atoms with Crippen LogP contribution >= 0.6 is 11.6 Å². The third-order valence-electron chi connectivity index (χ3n) is 4.71. The Balaban J connectivity index is 1.72. The molecular formula is C22H23ClN2O2. The number of carbonyl (C=O) groups is 1. The Bertz CT molecular complexity index is 892. The zero-order chi connectivity index (χ0) is 19.2. The van der Waals surface area contributed by atoms with Crippen LogP contribution in [0.5, 0.6) is 0 Å². The molecule has 0 fully saturated rings. The molecule has 1 N–H and O–H groups in total. The molecule has 4 nitrogen and oxygen atoms in total. The molecule has 3 rings (SSSR count). The van der Waals surface area contributed by atoms with E-state index in [0.29, 0.717) is 17.2 Å². The first-order chi connectivity index (χ1) is 13.1. The molecule has 2 aromatic carbocycles. The Morgan fingerprint density at radius 1 is 1.19 bits per heavy atom. The lowest BCUT2D eigenvalue weighted by Gasteiger charge is -2.21. The molecule has 0 aliphatic carbocycles. The molecule has 27 heavy (non-hydrogen) atoms. The van der Waals surface area contributed by atoms with E-state index in [9.17, 15) is 4.79 Å². The van der Waals surface area contributed by atoms with Crippen molar-refractivity contribution in [2.45, 2.75) is 32.6 Å². The molecule has 0 aliphatic heterocycles. The fourth-order valence-corrected chi connectivity index (χ4v) is 3.33. The van der Waals surface area contributed by atoms with Gasteiger partial charge in [0.15, 0.2) is 0 Å². The third kappa shape index (κ3) is 4.98. The van der Waals surface area contributed by atoms with Crippen molar-refractivity contribution >= 4 is 23.5 Å². The van der Waals surface area contributed by atoms with Crippen LogP contribution in [-0.4, -0.2) is 10.9 Å². The van der Waals surface area contributed by atoms with Crippen LogP contribution in [0.1, 0.15) is 43.1 Å². The number of nitrogens with one attached hydrogen (secondary N) is 1. The second kappa shape index (κ2) is 8.87. The molecule has 140 valence electrons. The molecule has 1 aromatic heterocycles. The molecule has 5 heteroatoms. The highest BCUT2D eigenvalue weighted by Gasteiger charge is 2.26. The normalized spacial score (nSPS) is 13.1. The average molecular weight is 383 g/mol. The summed E-state index contributed by atoms with van der Waals surface area (Å²) in [6, 6.07) is 17.6. The van der Waals surface area contributed by atoms with Gasteiger partial charge in [-0.3, -0.25) is 10.1 Å². The number of aromatic nitrogens is 1. The van der Waals surface area contributed by atoms with Crippen LogP contribution in [-0.2, 0) is 11.2 Å². The molecule has 1 heterocycles. The number of carbonyl (C=O) groups excluding carboxylic acids is 1. The second-order valence-electron chi connectivity index (χ2n) is 6.70. The third-order valence-corrected chi connectivity index (χ3v) is 4.94. The van der Waals surface area contributed by atoms with Crippen LogP contribution < -0.4 is 5.32 Å². The smallest absolute Gasteiger partial charge is 0.301 e. The first-order valence-electron chi connectivity index (χ1n) is 9.11. The van der Waals surface area contributed by atoms with Crippen LogP contribution in [0.4, 0.5) is 6.01 Å². The van der Waals surface area contributed by atoms with E-state index < -0.39 is 0 Å². The van der Waals surface area contributed by atoms with Gasteiger partial charge in [-0.1, -0.05) is 74.3 Å². The van der Waals surface area contributed by atoms with E-state index in [2.05, 4.69) is 24.1 Å². The molecule has 0 aliphatic rings. The fraction of sp³-hybridized carbons (Fsp3) is 0.273. The lowest BCUT2D eigenvalue weighted by Crippen LogP contribution is -2.26. The summed E-state index contributed by atoms with van der Waals surface area (Å²) in [5.41, 5.74) is 2.02. The van der Waals surface area contributed by atoms with Gasteiger partial charge in [0.25, 0.3) is 0 Å². The molecule has 0 saturated carbocycles. The lowest BCUT2D eigenvalue weighted by molar-refractivity contribution is -0.118. The maximum Gasteiger partial charge on any atom is 0.301 e. The number of amides is 1. The Labute approximate surface area is 164 Å². The summed E-state index contributed by atoms with van der Waals surface area (Å²) in [6.07, 6.45) is 3.10. The van der Waals surface area contributed by atoms with E-state index in [-0.39, 0.29) is 23.8 Å². The first-order valence-corrected chi connectivity index (χ1v) is 9.49. The molecule has 3 aromatic rings. The second-order valence-corrected chi connectivity index (χ2v) is 7.14. The molecule has 2 unspecified atom stereocenters. The van der Waals surface area contributed by atoms with Crippen LogP contribution in [0, 0.1) is 5.92 Å².